The Balaban J connectivity index is 2.05. The van der Waals surface area contributed by atoms with E-state index in [1.165, 1.54) is 13.2 Å². The van der Waals surface area contributed by atoms with Crippen molar-refractivity contribution in [2.75, 3.05) is 34.4 Å². The van der Waals surface area contributed by atoms with Gasteiger partial charge in [0.2, 0.25) is 0 Å². The van der Waals surface area contributed by atoms with Crippen LogP contribution in [0.5, 0.6) is 11.5 Å². The number of likely N-dealkylation sites (N-methyl/N-ethyl adjacent to an activating group) is 1. The lowest BCUT2D eigenvalue weighted by Crippen LogP contribution is -2.32. The number of nitrogens with zero attached hydrogens (tertiary/aromatic N) is 1. The molecule has 30 heavy (non-hydrogen) atoms. The van der Waals surface area contributed by atoms with Crippen LogP contribution < -0.4 is 14.9 Å². The van der Waals surface area contributed by atoms with E-state index in [9.17, 15) is 9.90 Å². The van der Waals surface area contributed by atoms with E-state index in [4.69, 9.17) is 25.5 Å². The molecule has 4 rings (SSSR count). The van der Waals surface area contributed by atoms with E-state index >= 15 is 0 Å². The Morgan fingerprint density at radius 2 is 1.97 bits per heavy atom. The van der Waals surface area contributed by atoms with Crippen LogP contribution >= 0.6 is 11.6 Å². The van der Waals surface area contributed by atoms with E-state index in [-0.39, 0.29) is 24.0 Å². The number of rotatable bonds is 5. The van der Waals surface area contributed by atoms with E-state index in [1.807, 2.05) is 19.2 Å². The van der Waals surface area contributed by atoms with E-state index in [0.29, 0.717) is 38.8 Å². The minimum Gasteiger partial charge on any atom is -0.496 e. The van der Waals surface area contributed by atoms with Crippen LogP contribution in [0, 0.1) is 0 Å². The van der Waals surface area contributed by atoms with Gasteiger partial charge in [-0.05, 0) is 32.1 Å². The van der Waals surface area contributed by atoms with Crippen molar-refractivity contribution in [2.24, 2.45) is 0 Å². The molecule has 0 spiro atoms. The van der Waals surface area contributed by atoms with E-state index < -0.39 is 0 Å². The second-order valence-corrected chi connectivity index (χ2v) is 7.95. The standard InChI is InChI=1S/C23H24ClNO5/c1-25-8-7-15(16(25)12-26)21-19(28-2)11-20(29-3)22-17(27)10-18(30-23(21)22)13-5-4-6-14(24)9-13/h4-6,9-11,15-16,26H,7-8,12H2,1-3H3/t15-,16+/m0/s1. The molecule has 1 N–H and O–H groups in total. The minimum atomic E-state index is -0.209. The third-order valence-electron chi connectivity index (χ3n) is 5.90. The summed E-state index contributed by atoms with van der Waals surface area (Å²) >= 11 is 6.14. The maximum Gasteiger partial charge on any atom is 0.197 e. The smallest absolute Gasteiger partial charge is 0.197 e. The molecule has 3 aromatic rings. The number of fused-ring (bicyclic) bond motifs is 1. The Bertz CT molecular complexity index is 1140. The maximum absolute atomic E-state index is 13.1. The summed E-state index contributed by atoms with van der Waals surface area (Å²) in [6, 6.07) is 10.2. The normalized spacial score (nSPS) is 19.4. The summed E-state index contributed by atoms with van der Waals surface area (Å²) in [5.74, 6) is 1.33. The summed E-state index contributed by atoms with van der Waals surface area (Å²) in [5, 5.41) is 10.9. The first kappa shape index (κ1) is 20.7. The molecule has 0 bridgehead atoms. The van der Waals surface area contributed by atoms with Crippen molar-refractivity contribution in [3.63, 3.8) is 0 Å². The molecule has 1 aliphatic rings. The first-order valence-electron chi connectivity index (χ1n) is 9.78. The molecule has 0 saturated carbocycles. The quantitative estimate of drug-likeness (QED) is 0.663. The summed E-state index contributed by atoms with van der Waals surface area (Å²) in [7, 11) is 5.07. The molecule has 1 aromatic heterocycles. The predicted octanol–water partition coefficient (Wildman–Crippen LogP) is 3.91. The molecule has 0 unspecified atom stereocenters. The summed E-state index contributed by atoms with van der Waals surface area (Å²) in [5.41, 5.74) is 1.69. The van der Waals surface area contributed by atoms with Crippen molar-refractivity contribution in [1.29, 1.82) is 0 Å². The molecule has 0 aliphatic carbocycles. The van der Waals surface area contributed by atoms with Gasteiger partial charge in [-0.15, -0.1) is 0 Å². The molecule has 0 radical (unpaired) electrons. The highest BCUT2D eigenvalue weighted by atomic mass is 35.5. The van der Waals surface area contributed by atoms with E-state index in [1.54, 1.807) is 25.3 Å². The van der Waals surface area contributed by atoms with Crippen LogP contribution in [0.1, 0.15) is 17.9 Å². The molecule has 1 saturated heterocycles. The first-order chi connectivity index (χ1) is 14.5. The fourth-order valence-corrected chi connectivity index (χ4v) is 4.56. The van der Waals surface area contributed by atoms with E-state index in [2.05, 4.69) is 4.90 Å². The third-order valence-corrected chi connectivity index (χ3v) is 6.13. The van der Waals surface area contributed by atoms with Gasteiger partial charge in [-0.3, -0.25) is 4.79 Å². The molecule has 1 aliphatic heterocycles. The van der Waals surface area contributed by atoms with Crippen LogP contribution in [0.25, 0.3) is 22.3 Å². The summed E-state index contributed by atoms with van der Waals surface area (Å²) in [6.07, 6.45) is 0.810. The number of aliphatic hydroxyl groups is 1. The second kappa shape index (κ2) is 8.30. The molecule has 2 atom stereocenters. The molecule has 1 fully saturated rings. The van der Waals surface area contributed by atoms with Gasteiger partial charge in [0.1, 0.15) is 28.2 Å². The molecular formula is C23H24ClNO5. The zero-order valence-electron chi connectivity index (χ0n) is 17.1. The lowest BCUT2D eigenvalue weighted by atomic mass is 9.89. The van der Waals surface area contributed by atoms with Gasteiger partial charge in [-0.2, -0.15) is 0 Å². The van der Waals surface area contributed by atoms with Crippen LogP contribution in [0.4, 0.5) is 0 Å². The van der Waals surface area contributed by atoms with Gasteiger partial charge in [-0.25, -0.2) is 0 Å². The van der Waals surface area contributed by atoms with Crippen molar-refractivity contribution in [3.8, 4) is 22.8 Å². The number of methoxy groups -OCH3 is 2. The van der Waals surface area contributed by atoms with Gasteiger partial charge in [0, 0.05) is 40.2 Å². The highest BCUT2D eigenvalue weighted by molar-refractivity contribution is 6.30. The highest BCUT2D eigenvalue weighted by Gasteiger charge is 2.37. The number of hydrogen-bond acceptors (Lipinski definition) is 6. The van der Waals surface area contributed by atoms with Gasteiger partial charge in [0.15, 0.2) is 5.43 Å². The third kappa shape index (κ3) is 3.45. The number of halogens is 1. The van der Waals surface area contributed by atoms with Crippen molar-refractivity contribution < 1.29 is 19.0 Å². The Hall–Kier alpha value is -2.54. The van der Waals surface area contributed by atoms with Crippen LogP contribution in [0.3, 0.4) is 0 Å². The SMILES string of the molecule is COc1cc(OC)c2c(=O)cc(-c3cccc(Cl)c3)oc2c1[C@H]1CCN(C)[C@@H]1CO. The monoisotopic (exact) mass is 429 g/mol. The molecule has 0 amide bonds. The van der Waals surface area contributed by atoms with Gasteiger partial charge < -0.3 is 23.9 Å². The van der Waals surface area contributed by atoms with Crippen LogP contribution in [0.2, 0.25) is 5.02 Å². The number of hydrogen-bond donors (Lipinski definition) is 1. The van der Waals surface area contributed by atoms with Crippen molar-refractivity contribution in [3.05, 3.63) is 57.2 Å². The lowest BCUT2D eigenvalue weighted by Gasteiger charge is -2.25. The lowest BCUT2D eigenvalue weighted by molar-refractivity contribution is 0.171. The Labute approximate surface area is 179 Å². The van der Waals surface area contributed by atoms with Gasteiger partial charge >= 0.3 is 0 Å². The van der Waals surface area contributed by atoms with Gasteiger partial charge in [-0.1, -0.05) is 23.7 Å². The fraction of sp³-hybridized carbons (Fsp3) is 0.348. The zero-order valence-corrected chi connectivity index (χ0v) is 17.9. The molecular weight excluding hydrogens is 406 g/mol. The topological polar surface area (TPSA) is 72.1 Å². The highest BCUT2D eigenvalue weighted by Crippen LogP contribution is 2.44. The number of ether oxygens (including phenoxy) is 2. The summed E-state index contributed by atoms with van der Waals surface area (Å²) in [4.78, 5) is 15.3. The largest absolute Gasteiger partial charge is 0.496 e. The van der Waals surface area contributed by atoms with Crippen molar-refractivity contribution in [2.45, 2.75) is 18.4 Å². The van der Waals surface area contributed by atoms with Gasteiger partial charge in [0.25, 0.3) is 0 Å². The molecule has 2 aromatic carbocycles. The Kier molecular flexibility index (Phi) is 5.73. The zero-order chi connectivity index (χ0) is 21.4. The molecule has 6 nitrogen and oxygen atoms in total. The minimum absolute atomic E-state index is 0.00391. The van der Waals surface area contributed by atoms with Gasteiger partial charge in [0.05, 0.1) is 20.8 Å². The Morgan fingerprint density at radius 3 is 2.63 bits per heavy atom. The molecule has 2 heterocycles. The average Bonchev–Trinajstić information content (AvgIpc) is 3.12. The van der Waals surface area contributed by atoms with Crippen molar-refractivity contribution in [1.82, 2.24) is 4.90 Å². The van der Waals surface area contributed by atoms with Crippen molar-refractivity contribution >= 4 is 22.6 Å². The predicted molar refractivity (Wildman–Crippen MR) is 117 cm³/mol. The van der Waals surface area contributed by atoms with E-state index in [0.717, 1.165) is 18.5 Å². The average molecular weight is 430 g/mol. The first-order valence-corrected chi connectivity index (χ1v) is 10.2. The second-order valence-electron chi connectivity index (χ2n) is 7.51. The Morgan fingerprint density at radius 1 is 1.20 bits per heavy atom. The molecule has 158 valence electrons. The van der Waals surface area contributed by atoms with Crippen LogP contribution in [-0.2, 0) is 0 Å². The van der Waals surface area contributed by atoms with Crippen LogP contribution in [0.15, 0.2) is 45.6 Å². The summed E-state index contributed by atoms with van der Waals surface area (Å²) < 4.78 is 17.5. The fourth-order valence-electron chi connectivity index (χ4n) is 4.37. The number of aliphatic hydroxyl groups excluding tert-OH is 1. The maximum atomic E-state index is 13.1. The summed E-state index contributed by atoms with van der Waals surface area (Å²) in [6.45, 7) is 0.820. The number of likely N-dealkylation sites (tertiary alicyclic amines) is 1. The number of benzene rings is 2. The van der Waals surface area contributed by atoms with Crippen LogP contribution in [-0.4, -0.2) is 50.5 Å². The molecule has 7 heteroatoms.